The van der Waals surface area contributed by atoms with Gasteiger partial charge in [-0.15, -0.1) is 0 Å². The van der Waals surface area contributed by atoms with E-state index in [9.17, 15) is 14.9 Å². The largest absolute Gasteiger partial charge is 0.468 e. The van der Waals surface area contributed by atoms with Gasteiger partial charge in [0, 0.05) is 9.95 Å². The summed E-state index contributed by atoms with van der Waals surface area (Å²) in [5.74, 6) is -1.46. The molecule has 1 rings (SSSR count). The number of halogens is 1. The zero-order chi connectivity index (χ0) is 13.7. The van der Waals surface area contributed by atoms with Crippen LogP contribution in [0.25, 0.3) is 0 Å². The van der Waals surface area contributed by atoms with E-state index < -0.39 is 29.4 Å². The first-order valence-electron chi connectivity index (χ1n) is 5.16. The lowest BCUT2D eigenvalue weighted by atomic mass is 9.92. The van der Waals surface area contributed by atoms with Gasteiger partial charge < -0.3 is 10.5 Å². The van der Waals surface area contributed by atoms with E-state index in [0.717, 1.165) is 0 Å². The highest BCUT2D eigenvalue weighted by atomic mass is 35.5. The van der Waals surface area contributed by atoms with E-state index in [1.165, 1.54) is 7.11 Å². The Balaban J connectivity index is 3.04. The molecule has 1 aromatic carbocycles. The molecule has 7 heteroatoms. The molecule has 18 heavy (non-hydrogen) atoms. The number of nitro groups is 1. The molecule has 0 aromatic heterocycles. The molecule has 0 bridgehead atoms. The van der Waals surface area contributed by atoms with Crippen molar-refractivity contribution in [1.29, 1.82) is 0 Å². The van der Waals surface area contributed by atoms with Crippen molar-refractivity contribution in [2.24, 2.45) is 5.73 Å². The number of carbonyl (C=O) groups excluding carboxylic acids is 1. The molecule has 0 saturated carbocycles. The van der Waals surface area contributed by atoms with Crippen LogP contribution in [0.5, 0.6) is 0 Å². The second-order valence-corrected chi connectivity index (χ2v) is 4.16. The lowest BCUT2D eigenvalue weighted by Crippen LogP contribution is -2.40. The lowest BCUT2D eigenvalue weighted by Gasteiger charge is -2.19. The van der Waals surface area contributed by atoms with Crippen molar-refractivity contribution >= 4 is 17.6 Å². The summed E-state index contributed by atoms with van der Waals surface area (Å²) >= 11 is 5.82. The summed E-state index contributed by atoms with van der Waals surface area (Å²) in [5, 5.41) is 11.1. The Morgan fingerprint density at radius 3 is 2.78 bits per heavy atom. The van der Waals surface area contributed by atoms with Gasteiger partial charge in [0.05, 0.1) is 13.0 Å². The number of hydrogen-bond donors (Lipinski definition) is 1. The van der Waals surface area contributed by atoms with Crippen molar-refractivity contribution in [2.75, 3.05) is 13.7 Å². The summed E-state index contributed by atoms with van der Waals surface area (Å²) in [4.78, 5) is 21.5. The van der Waals surface area contributed by atoms with Gasteiger partial charge in [-0.1, -0.05) is 23.7 Å². The van der Waals surface area contributed by atoms with Crippen LogP contribution in [0.2, 0.25) is 5.02 Å². The number of benzene rings is 1. The predicted molar refractivity (Wildman–Crippen MR) is 66.0 cm³/mol. The van der Waals surface area contributed by atoms with E-state index >= 15 is 0 Å². The fourth-order valence-corrected chi connectivity index (χ4v) is 1.82. The van der Waals surface area contributed by atoms with Gasteiger partial charge in [0.25, 0.3) is 0 Å². The molecule has 0 heterocycles. The number of rotatable bonds is 5. The maximum absolute atomic E-state index is 11.4. The molecule has 1 aromatic rings. The third-order valence-electron chi connectivity index (χ3n) is 2.53. The molecule has 0 spiro atoms. The second-order valence-electron chi connectivity index (χ2n) is 3.73. The van der Waals surface area contributed by atoms with Gasteiger partial charge in [0.15, 0.2) is 0 Å². The van der Waals surface area contributed by atoms with Crippen LogP contribution < -0.4 is 5.73 Å². The average molecular weight is 273 g/mol. The maximum atomic E-state index is 11.4. The van der Waals surface area contributed by atoms with Gasteiger partial charge in [-0.25, -0.2) is 0 Å². The highest BCUT2D eigenvalue weighted by Crippen LogP contribution is 2.23. The van der Waals surface area contributed by atoms with Gasteiger partial charge in [-0.2, -0.15) is 0 Å². The topological polar surface area (TPSA) is 95.5 Å². The molecule has 0 aliphatic heterocycles. The van der Waals surface area contributed by atoms with Gasteiger partial charge in [-0.05, 0) is 17.7 Å². The summed E-state index contributed by atoms with van der Waals surface area (Å²) in [6, 6.07) is 5.38. The summed E-state index contributed by atoms with van der Waals surface area (Å²) in [6.45, 7) is -0.462. The first kappa shape index (κ1) is 14.4. The molecular weight excluding hydrogens is 260 g/mol. The normalized spacial score (nSPS) is 13.7. The molecule has 6 nitrogen and oxygen atoms in total. The fraction of sp³-hybridized carbons (Fsp3) is 0.364. The molecule has 98 valence electrons. The molecule has 0 amide bonds. The molecule has 0 unspecified atom stereocenters. The Kier molecular flexibility index (Phi) is 5.06. The Hall–Kier alpha value is -1.66. The van der Waals surface area contributed by atoms with E-state index in [0.29, 0.717) is 10.6 Å². The third kappa shape index (κ3) is 3.68. The first-order chi connectivity index (χ1) is 8.45. The molecule has 0 aliphatic rings. The maximum Gasteiger partial charge on any atom is 0.323 e. The fourth-order valence-electron chi connectivity index (χ4n) is 1.62. The van der Waals surface area contributed by atoms with E-state index in [-0.39, 0.29) is 0 Å². The molecular formula is C11H13ClN2O4. The van der Waals surface area contributed by atoms with Gasteiger partial charge >= 0.3 is 5.97 Å². The summed E-state index contributed by atoms with van der Waals surface area (Å²) < 4.78 is 4.51. The van der Waals surface area contributed by atoms with Crippen LogP contribution in [-0.4, -0.2) is 30.6 Å². The Labute approximate surface area is 109 Å². The molecule has 0 fully saturated rings. The number of hydrogen-bond acceptors (Lipinski definition) is 5. The minimum absolute atomic E-state index is 0.429. The van der Waals surface area contributed by atoms with Crippen molar-refractivity contribution in [3.05, 3.63) is 45.0 Å². The third-order valence-corrected chi connectivity index (χ3v) is 2.76. The molecule has 2 atom stereocenters. The molecule has 0 aliphatic carbocycles. The standard InChI is InChI=1S/C11H13ClN2O4/c1-18-11(15)10(13)9(6-14(16)17)7-3-2-4-8(12)5-7/h2-5,9-10H,6,13H2,1H3/t9-,10-/m1/s1. The van der Waals surface area contributed by atoms with E-state index in [1.54, 1.807) is 24.3 Å². The summed E-state index contributed by atoms with van der Waals surface area (Å²) in [7, 11) is 1.18. The number of ether oxygens (including phenoxy) is 1. The average Bonchev–Trinajstić information content (AvgIpc) is 2.34. The zero-order valence-corrected chi connectivity index (χ0v) is 10.5. The van der Waals surface area contributed by atoms with Crippen molar-refractivity contribution in [3.8, 4) is 0 Å². The van der Waals surface area contributed by atoms with Crippen LogP contribution in [-0.2, 0) is 9.53 Å². The smallest absolute Gasteiger partial charge is 0.323 e. The first-order valence-corrected chi connectivity index (χ1v) is 5.54. The number of esters is 1. The van der Waals surface area contributed by atoms with Crippen molar-refractivity contribution in [1.82, 2.24) is 0 Å². The number of methoxy groups -OCH3 is 1. The van der Waals surface area contributed by atoms with Crippen LogP contribution in [0.4, 0.5) is 0 Å². The quantitative estimate of drug-likeness (QED) is 0.494. The monoisotopic (exact) mass is 272 g/mol. The van der Waals surface area contributed by atoms with Crippen LogP contribution in [0, 0.1) is 10.1 Å². The highest BCUT2D eigenvalue weighted by Gasteiger charge is 2.31. The van der Waals surface area contributed by atoms with Gasteiger partial charge in [-0.3, -0.25) is 14.9 Å². The lowest BCUT2D eigenvalue weighted by molar-refractivity contribution is -0.483. The zero-order valence-electron chi connectivity index (χ0n) is 9.71. The second kappa shape index (κ2) is 6.32. The Morgan fingerprint density at radius 2 is 2.28 bits per heavy atom. The van der Waals surface area contributed by atoms with E-state index in [1.807, 2.05) is 0 Å². The Bertz CT molecular complexity index is 452. The van der Waals surface area contributed by atoms with Crippen molar-refractivity contribution < 1.29 is 14.5 Å². The van der Waals surface area contributed by atoms with Crippen molar-refractivity contribution in [2.45, 2.75) is 12.0 Å². The highest BCUT2D eigenvalue weighted by molar-refractivity contribution is 6.30. The van der Waals surface area contributed by atoms with E-state index in [4.69, 9.17) is 17.3 Å². The minimum atomic E-state index is -1.10. The van der Waals surface area contributed by atoms with E-state index in [2.05, 4.69) is 4.74 Å². The number of nitrogens with zero attached hydrogens (tertiary/aromatic N) is 1. The predicted octanol–water partition coefficient (Wildman–Crippen LogP) is 1.20. The van der Waals surface area contributed by atoms with Crippen LogP contribution in [0.15, 0.2) is 24.3 Å². The summed E-state index contributed by atoms with van der Waals surface area (Å²) in [6.07, 6.45) is 0. The minimum Gasteiger partial charge on any atom is -0.468 e. The Morgan fingerprint density at radius 1 is 1.61 bits per heavy atom. The number of nitrogens with two attached hydrogens (primary N) is 1. The van der Waals surface area contributed by atoms with Crippen LogP contribution in [0.3, 0.4) is 0 Å². The van der Waals surface area contributed by atoms with Gasteiger partial charge in [0.2, 0.25) is 6.54 Å². The molecule has 2 N–H and O–H groups in total. The van der Waals surface area contributed by atoms with Crippen LogP contribution >= 0.6 is 11.6 Å². The van der Waals surface area contributed by atoms with Crippen LogP contribution in [0.1, 0.15) is 11.5 Å². The summed E-state index contributed by atoms with van der Waals surface area (Å²) in [5.41, 5.74) is 6.22. The molecule has 0 saturated heterocycles. The molecule has 0 radical (unpaired) electrons. The van der Waals surface area contributed by atoms with Gasteiger partial charge in [0.1, 0.15) is 6.04 Å². The number of carbonyl (C=O) groups is 1. The van der Waals surface area contributed by atoms with Crippen molar-refractivity contribution in [3.63, 3.8) is 0 Å². The SMILES string of the molecule is COC(=O)[C@H](N)[C@H](C[N+](=O)[O-])c1cccc(Cl)c1.